The monoisotopic (exact) mass is 380 g/mol. The zero-order chi connectivity index (χ0) is 20.4. The van der Waals surface area contributed by atoms with Crippen LogP contribution in [-0.2, 0) is 16.0 Å². The van der Waals surface area contributed by atoms with Crippen molar-refractivity contribution in [1.29, 1.82) is 0 Å². The van der Waals surface area contributed by atoms with Crippen LogP contribution in [-0.4, -0.2) is 24.8 Å². The predicted octanol–water partition coefficient (Wildman–Crippen LogP) is 3.75. The molecule has 0 aromatic heterocycles. The minimum atomic E-state index is -0.505. The number of allylic oxidation sites excluding steroid dienone is 1. The molecule has 5 nitrogen and oxygen atoms in total. The van der Waals surface area contributed by atoms with E-state index >= 15 is 0 Å². The lowest BCUT2D eigenvalue weighted by Crippen LogP contribution is -2.28. The average Bonchev–Trinajstić information content (AvgIpc) is 2.71. The Morgan fingerprint density at radius 3 is 2.46 bits per heavy atom. The number of hydrogen-bond donors (Lipinski definition) is 2. The van der Waals surface area contributed by atoms with Gasteiger partial charge < -0.3 is 15.8 Å². The molecule has 0 aliphatic heterocycles. The maximum absolute atomic E-state index is 12.3. The van der Waals surface area contributed by atoms with Crippen molar-refractivity contribution in [3.8, 4) is 5.75 Å². The van der Waals surface area contributed by atoms with Gasteiger partial charge in [-0.3, -0.25) is 9.59 Å². The Morgan fingerprint density at radius 1 is 1.11 bits per heavy atom. The van der Waals surface area contributed by atoms with Gasteiger partial charge in [0.25, 0.3) is 0 Å². The molecule has 0 fully saturated rings. The van der Waals surface area contributed by atoms with Crippen LogP contribution in [0.4, 0.5) is 5.69 Å². The van der Waals surface area contributed by atoms with Crippen molar-refractivity contribution in [2.45, 2.75) is 32.2 Å². The molecule has 148 valence electrons. The number of anilines is 1. The van der Waals surface area contributed by atoms with Crippen LogP contribution < -0.4 is 15.8 Å². The van der Waals surface area contributed by atoms with Crippen LogP contribution in [0.15, 0.2) is 66.7 Å². The fraction of sp³-hybridized carbons (Fsp3) is 0.304. The average molecular weight is 380 g/mol. The summed E-state index contributed by atoms with van der Waals surface area (Å²) in [5, 5.41) is 2.81. The summed E-state index contributed by atoms with van der Waals surface area (Å²) in [6.45, 7) is 1.69. The van der Waals surface area contributed by atoms with Crippen LogP contribution >= 0.6 is 0 Å². The zero-order valence-corrected chi connectivity index (χ0v) is 16.4. The third-order valence-electron chi connectivity index (χ3n) is 4.50. The number of ether oxygens (including phenoxy) is 1. The molecular weight excluding hydrogens is 352 g/mol. The lowest BCUT2D eigenvalue weighted by atomic mass is 9.92. The van der Waals surface area contributed by atoms with E-state index in [0.29, 0.717) is 17.9 Å². The summed E-state index contributed by atoms with van der Waals surface area (Å²) in [6.07, 6.45) is 5.20. The Kier molecular flexibility index (Phi) is 8.43. The molecule has 2 atom stereocenters. The van der Waals surface area contributed by atoms with Gasteiger partial charge in [-0.15, -0.1) is 0 Å². The molecular formula is C23H28N2O3. The minimum absolute atomic E-state index is 0.00662. The van der Waals surface area contributed by atoms with Crippen LogP contribution in [0.25, 0.3) is 0 Å². The topological polar surface area (TPSA) is 81.4 Å². The maximum Gasteiger partial charge on any atom is 0.248 e. The van der Waals surface area contributed by atoms with Crippen molar-refractivity contribution in [2.24, 2.45) is 11.7 Å². The predicted molar refractivity (Wildman–Crippen MR) is 112 cm³/mol. The maximum atomic E-state index is 12.3. The summed E-state index contributed by atoms with van der Waals surface area (Å²) in [5.74, 6) is 0.273. The smallest absolute Gasteiger partial charge is 0.248 e. The molecule has 5 heteroatoms. The van der Waals surface area contributed by atoms with Gasteiger partial charge in [0.05, 0.1) is 18.8 Å². The molecule has 0 unspecified atom stereocenters. The Labute approximate surface area is 166 Å². The van der Waals surface area contributed by atoms with E-state index in [-0.39, 0.29) is 17.6 Å². The molecule has 28 heavy (non-hydrogen) atoms. The van der Waals surface area contributed by atoms with E-state index in [9.17, 15) is 9.59 Å². The SMILES string of the molecule is COc1ccccc1NC(=O)/C=C/[C@H](CCc1ccccc1)CC(=O)[C@H](C)N. The van der Waals surface area contributed by atoms with Gasteiger partial charge in [-0.05, 0) is 49.5 Å². The molecule has 0 radical (unpaired) electrons. The van der Waals surface area contributed by atoms with Crippen molar-refractivity contribution in [2.75, 3.05) is 12.4 Å². The summed E-state index contributed by atoms with van der Waals surface area (Å²) < 4.78 is 5.24. The van der Waals surface area contributed by atoms with E-state index in [1.807, 2.05) is 30.3 Å². The first kappa shape index (κ1) is 21.4. The highest BCUT2D eigenvalue weighted by atomic mass is 16.5. The number of benzene rings is 2. The van der Waals surface area contributed by atoms with Gasteiger partial charge in [0.1, 0.15) is 11.5 Å². The molecule has 0 saturated heterocycles. The van der Waals surface area contributed by atoms with Crippen molar-refractivity contribution < 1.29 is 14.3 Å². The van der Waals surface area contributed by atoms with E-state index in [4.69, 9.17) is 10.5 Å². The van der Waals surface area contributed by atoms with Gasteiger partial charge in [0.2, 0.25) is 5.91 Å². The second-order valence-electron chi connectivity index (χ2n) is 6.79. The normalized spacial score (nSPS) is 13.1. The standard InChI is InChI=1S/C23H28N2O3/c1-17(24)21(26)16-19(13-12-18-8-4-3-5-9-18)14-15-23(27)25-20-10-6-7-11-22(20)28-2/h3-11,14-15,17,19H,12-13,16,24H2,1-2H3,(H,25,27)/b15-14+/t17-,19-/m0/s1. The number of ketones is 1. The van der Waals surface area contributed by atoms with E-state index in [2.05, 4.69) is 17.4 Å². The first-order valence-electron chi connectivity index (χ1n) is 9.44. The lowest BCUT2D eigenvalue weighted by Gasteiger charge is -2.14. The molecule has 0 bridgehead atoms. The Bertz CT molecular complexity index is 801. The van der Waals surface area contributed by atoms with Gasteiger partial charge in [0.15, 0.2) is 0 Å². The van der Waals surface area contributed by atoms with Gasteiger partial charge in [0, 0.05) is 6.42 Å². The molecule has 3 N–H and O–H groups in total. The number of carbonyl (C=O) groups is 2. The van der Waals surface area contributed by atoms with Gasteiger partial charge in [-0.25, -0.2) is 0 Å². The molecule has 0 heterocycles. The van der Waals surface area contributed by atoms with Crippen molar-refractivity contribution in [3.63, 3.8) is 0 Å². The Hall–Kier alpha value is -2.92. The van der Waals surface area contributed by atoms with Crippen molar-refractivity contribution >= 4 is 17.4 Å². The number of Topliss-reactive ketones (excluding diaryl/α,β-unsaturated/α-hetero) is 1. The van der Waals surface area contributed by atoms with Crippen molar-refractivity contribution in [1.82, 2.24) is 0 Å². The minimum Gasteiger partial charge on any atom is -0.495 e. The molecule has 0 aliphatic carbocycles. The Balaban J connectivity index is 2.02. The zero-order valence-electron chi connectivity index (χ0n) is 16.4. The van der Waals surface area contributed by atoms with E-state index in [0.717, 1.165) is 12.8 Å². The van der Waals surface area contributed by atoms with Gasteiger partial charge in [-0.2, -0.15) is 0 Å². The highest BCUT2D eigenvalue weighted by Gasteiger charge is 2.15. The summed E-state index contributed by atoms with van der Waals surface area (Å²) in [7, 11) is 1.56. The number of rotatable bonds is 10. The largest absolute Gasteiger partial charge is 0.495 e. The molecule has 1 amide bonds. The number of amides is 1. The summed E-state index contributed by atoms with van der Waals surface area (Å²) in [4.78, 5) is 24.4. The third-order valence-corrected chi connectivity index (χ3v) is 4.50. The van der Waals surface area contributed by atoms with Gasteiger partial charge in [-0.1, -0.05) is 48.5 Å². The summed E-state index contributed by atoms with van der Waals surface area (Å²) >= 11 is 0. The van der Waals surface area contributed by atoms with Gasteiger partial charge >= 0.3 is 0 Å². The fourth-order valence-corrected chi connectivity index (χ4v) is 2.85. The number of hydrogen-bond acceptors (Lipinski definition) is 4. The molecule has 2 aromatic carbocycles. The second-order valence-corrected chi connectivity index (χ2v) is 6.79. The number of carbonyl (C=O) groups excluding carboxylic acids is 2. The third kappa shape index (κ3) is 7.00. The highest BCUT2D eigenvalue weighted by Crippen LogP contribution is 2.23. The molecule has 0 spiro atoms. The number of methoxy groups -OCH3 is 1. The van der Waals surface area contributed by atoms with E-state index < -0.39 is 6.04 Å². The number of nitrogens with two attached hydrogens (primary N) is 1. The Morgan fingerprint density at radius 2 is 1.79 bits per heavy atom. The van der Waals surface area contributed by atoms with Crippen LogP contribution in [0.3, 0.4) is 0 Å². The van der Waals surface area contributed by atoms with Crippen molar-refractivity contribution in [3.05, 3.63) is 72.3 Å². The first-order valence-corrected chi connectivity index (χ1v) is 9.44. The van der Waals surface area contributed by atoms with Crippen LogP contribution in [0.1, 0.15) is 25.3 Å². The fourth-order valence-electron chi connectivity index (χ4n) is 2.85. The number of aryl methyl sites for hydroxylation is 1. The molecule has 2 rings (SSSR count). The van der Waals surface area contributed by atoms with Crippen LogP contribution in [0.5, 0.6) is 5.75 Å². The molecule has 0 saturated carbocycles. The quantitative estimate of drug-likeness (QED) is 0.615. The first-order chi connectivity index (χ1) is 13.5. The molecule has 2 aromatic rings. The summed E-state index contributed by atoms with van der Waals surface area (Å²) in [5.41, 5.74) is 7.52. The number of nitrogens with one attached hydrogen (secondary N) is 1. The lowest BCUT2D eigenvalue weighted by molar-refractivity contribution is -0.120. The highest BCUT2D eigenvalue weighted by molar-refractivity contribution is 6.00. The van der Waals surface area contributed by atoms with Crippen LogP contribution in [0.2, 0.25) is 0 Å². The second kappa shape index (κ2) is 11.0. The van der Waals surface area contributed by atoms with E-state index in [1.165, 1.54) is 11.6 Å². The summed E-state index contributed by atoms with van der Waals surface area (Å²) in [6, 6.07) is 16.8. The molecule has 0 aliphatic rings. The van der Waals surface area contributed by atoms with E-state index in [1.54, 1.807) is 32.2 Å². The van der Waals surface area contributed by atoms with Crippen LogP contribution in [0, 0.1) is 5.92 Å². The number of para-hydroxylation sites is 2.